The van der Waals surface area contributed by atoms with Crippen LogP contribution in [0.3, 0.4) is 0 Å². The third-order valence-electron chi connectivity index (χ3n) is 3.29. The van der Waals surface area contributed by atoms with E-state index in [-0.39, 0.29) is 47.3 Å². The van der Waals surface area contributed by atoms with Crippen molar-refractivity contribution in [2.24, 2.45) is 4.99 Å². The van der Waals surface area contributed by atoms with Crippen LogP contribution in [0, 0.1) is 0 Å². The molecule has 0 aliphatic heterocycles. The lowest BCUT2D eigenvalue weighted by Gasteiger charge is -2.16. The van der Waals surface area contributed by atoms with Gasteiger partial charge in [0.25, 0.3) is 0 Å². The first-order valence-corrected chi connectivity index (χ1v) is 8.57. The predicted octanol–water partition coefficient (Wildman–Crippen LogP) is 4.22. The molecule has 0 radical (unpaired) electrons. The summed E-state index contributed by atoms with van der Waals surface area (Å²) in [5.41, 5.74) is 0.372. The maximum Gasteiger partial charge on any atom is 0.387 e. The van der Waals surface area contributed by atoms with E-state index in [1.165, 1.54) is 19.2 Å². The minimum atomic E-state index is -3.00. The van der Waals surface area contributed by atoms with Crippen molar-refractivity contribution in [3.8, 4) is 5.75 Å². The summed E-state index contributed by atoms with van der Waals surface area (Å²) in [6.45, 7) is -2.29. The zero-order chi connectivity index (χ0) is 19.5. The minimum absolute atomic E-state index is 0. The Labute approximate surface area is 184 Å². The lowest BCUT2D eigenvalue weighted by atomic mass is 10.2. The SMILES string of the molecule is CN=C(NCCCCC(=O)OC)NCc1cc(Cl)cc(Cl)c1OC(F)F.I. The minimum Gasteiger partial charge on any atom is -0.469 e. The van der Waals surface area contributed by atoms with Gasteiger partial charge in [-0.25, -0.2) is 0 Å². The lowest BCUT2D eigenvalue weighted by molar-refractivity contribution is -0.140. The largest absolute Gasteiger partial charge is 0.469 e. The second-order valence-electron chi connectivity index (χ2n) is 5.14. The second-order valence-corrected chi connectivity index (χ2v) is 5.98. The standard InChI is InChI=1S/C16H21Cl2F2N3O3.HI/c1-21-16(22-6-4-3-5-13(24)25-2)23-9-10-7-11(17)8-12(18)14(10)26-15(19)20;/h7-8,15H,3-6,9H2,1-2H3,(H2,21,22,23);1H. The summed E-state index contributed by atoms with van der Waals surface area (Å²) in [5.74, 6) is 0.0752. The quantitative estimate of drug-likeness (QED) is 0.162. The number of alkyl halides is 2. The summed E-state index contributed by atoms with van der Waals surface area (Å²) < 4.78 is 34.2. The molecule has 1 aromatic rings. The topological polar surface area (TPSA) is 72.0 Å². The molecule has 2 N–H and O–H groups in total. The van der Waals surface area contributed by atoms with Crippen LogP contribution in [-0.4, -0.2) is 39.2 Å². The summed E-state index contributed by atoms with van der Waals surface area (Å²) >= 11 is 11.9. The third kappa shape index (κ3) is 10.2. The number of ether oxygens (including phenoxy) is 2. The smallest absolute Gasteiger partial charge is 0.387 e. The average molecular weight is 540 g/mol. The fraction of sp³-hybridized carbons (Fsp3) is 0.500. The van der Waals surface area contributed by atoms with Gasteiger partial charge in [-0.3, -0.25) is 9.79 Å². The van der Waals surface area contributed by atoms with Crippen LogP contribution in [0.5, 0.6) is 5.75 Å². The molecule has 0 fully saturated rings. The molecule has 0 aromatic heterocycles. The highest BCUT2D eigenvalue weighted by atomic mass is 127. The highest BCUT2D eigenvalue weighted by Gasteiger charge is 2.15. The number of nitrogens with one attached hydrogen (secondary N) is 2. The van der Waals surface area contributed by atoms with Crippen LogP contribution >= 0.6 is 47.2 Å². The highest BCUT2D eigenvalue weighted by molar-refractivity contribution is 14.0. The number of carbonyl (C=O) groups is 1. The first-order chi connectivity index (χ1) is 12.4. The lowest BCUT2D eigenvalue weighted by Crippen LogP contribution is -2.37. The van der Waals surface area contributed by atoms with Gasteiger partial charge in [0.1, 0.15) is 5.75 Å². The van der Waals surface area contributed by atoms with Crippen molar-refractivity contribution in [2.75, 3.05) is 20.7 Å². The van der Waals surface area contributed by atoms with E-state index < -0.39 is 6.61 Å². The van der Waals surface area contributed by atoms with Gasteiger partial charge in [-0.2, -0.15) is 8.78 Å². The van der Waals surface area contributed by atoms with Crippen molar-refractivity contribution in [3.63, 3.8) is 0 Å². The molecule has 154 valence electrons. The maximum absolute atomic E-state index is 12.6. The third-order valence-corrected chi connectivity index (χ3v) is 3.79. The van der Waals surface area contributed by atoms with Crippen molar-refractivity contribution >= 4 is 59.1 Å². The van der Waals surface area contributed by atoms with Crippen LogP contribution in [-0.2, 0) is 16.1 Å². The van der Waals surface area contributed by atoms with Crippen LogP contribution < -0.4 is 15.4 Å². The average Bonchev–Trinajstić information content (AvgIpc) is 2.59. The van der Waals surface area contributed by atoms with E-state index in [0.29, 0.717) is 35.9 Å². The first kappa shape index (κ1) is 25.9. The summed E-state index contributed by atoms with van der Waals surface area (Å²) in [7, 11) is 2.92. The fourth-order valence-corrected chi connectivity index (χ4v) is 2.65. The van der Waals surface area contributed by atoms with E-state index in [1.54, 1.807) is 7.05 Å². The van der Waals surface area contributed by atoms with Gasteiger partial charge in [-0.05, 0) is 25.0 Å². The number of rotatable bonds is 9. The number of carbonyl (C=O) groups excluding carboxylic acids is 1. The van der Waals surface area contributed by atoms with E-state index >= 15 is 0 Å². The highest BCUT2D eigenvalue weighted by Crippen LogP contribution is 2.33. The van der Waals surface area contributed by atoms with Crippen LogP contribution in [0.25, 0.3) is 0 Å². The number of unbranched alkanes of at least 4 members (excludes halogenated alkanes) is 1. The van der Waals surface area contributed by atoms with E-state index in [9.17, 15) is 13.6 Å². The summed E-state index contributed by atoms with van der Waals surface area (Å²) in [5, 5.41) is 6.33. The predicted molar refractivity (Wildman–Crippen MR) is 113 cm³/mol. The molecular formula is C16H22Cl2F2IN3O3. The zero-order valence-electron chi connectivity index (χ0n) is 14.9. The molecule has 1 rings (SSSR count). The van der Waals surface area contributed by atoms with E-state index in [0.717, 1.165) is 6.42 Å². The molecule has 1 aromatic carbocycles. The van der Waals surface area contributed by atoms with Crippen LogP contribution in [0.4, 0.5) is 8.78 Å². The zero-order valence-corrected chi connectivity index (χ0v) is 18.7. The molecule has 0 spiro atoms. The molecule has 11 heteroatoms. The van der Waals surface area contributed by atoms with Crippen LogP contribution in [0.2, 0.25) is 10.0 Å². The van der Waals surface area contributed by atoms with Crippen LogP contribution in [0.15, 0.2) is 17.1 Å². The molecular weight excluding hydrogens is 518 g/mol. The number of aliphatic imine (C=N–C) groups is 1. The van der Waals surface area contributed by atoms with Gasteiger partial charge in [0.15, 0.2) is 5.96 Å². The molecule has 0 atom stereocenters. The summed E-state index contributed by atoms with van der Waals surface area (Å²) in [6.07, 6.45) is 1.75. The molecule has 0 saturated heterocycles. The molecule has 0 aliphatic carbocycles. The number of methoxy groups -OCH3 is 1. The molecule has 0 unspecified atom stereocenters. The maximum atomic E-state index is 12.6. The van der Waals surface area contributed by atoms with Gasteiger partial charge in [0, 0.05) is 37.1 Å². The monoisotopic (exact) mass is 539 g/mol. The first-order valence-electron chi connectivity index (χ1n) is 7.81. The second kappa shape index (κ2) is 14.0. The van der Waals surface area contributed by atoms with Gasteiger partial charge in [0.05, 0.1) is 12.1 Å². The number of hydrogen-bond acceptors (Lipinski definition) is 4. The Morgan fingerprint density at radius 2 is 1.96 bits per heavy atom. The Bertz CT molecular complexity index is 637. The molecule has 27 heavy (non-hydrogen) atoms. The number of halogens is 5. The van der Waals surface area contributed by atoms with Crippen molar-refractivity contribution < 1.29 is 23.0 Å². The van der Waals surface area contributed by atoms with Gasteiger partial charge in [-0.1, -0.05) is 23.2 Å². The normalized spacial score (nSPS) is 11.0. The van der Waals surface area contributed by atoms with Gasteiger partial charge >= 0.3 is 12.6 Å². The van der Waals surface area contributed by atoms with E-state index in [2.05, 4.69) is 25.1 Å². The molecule has 0 amide bonds. The number of guanidine groups is 1. The van der Waals surface area contributed by atoms with Gasteiger partial charge in [0.2, 0.25) is 0 Å². The Hall–Kier alpha value is -1.07. The van der Waals surface area contributed by atoms with Crippen molar-refractivity contribution in [2.45, 2.75) is 32.4 Å². The summed E-state index contributed by atoms with van der Waals surface area (Å²) in [6, 6.07) is 2.82. The Morgan fingerprint density at radius 1 is 1.26 bits per heavy atom. The molecule has 6 nitrogen and oxygen atoms in total. The Balaban J connectivity index is 0.00000676. The van der Waals surface area contributed by atoms with Crippen LogP contribution in [0.1, 0.15) is 24.8 Å². The van der Waals surface area contributed by atoms with E-state index in [4.69, 9.17) is 23.2 Å². The van der Waals surface area contributed by atoms with Crippen molar-refractivity contribution in [3.05, 3.63) is 27.7 Å². The number of hydrogen-bond donors (Lipinski definition) is 2. The van der Waals surface area contributed by atoms with Crippen molar-refractivity contribution in [1.29, 1.82) is 0 Å². The molecule has 0 bridgehead atoms. The fourth-order valence-electron chi connectivity index (χ4n) is 2.07. The molecule has 0 aliphatic rings. The number of nitrogens with zero attached hydrogens (tertiary/aromatic N) is 1. The van der Waals surface area contributed by atoms with Gasteiger partial charge in [-0.15, -0.1) is 24.0 Å². The molecule has 0 saturated carbocycles. The number of benzene rings is 1. The number of esters is 1. The van der Waals surface area contributed by atoms with E-state index in [1.807, 2.05) is 0 Å². The summed E-state index contributed by atoms with van der Waals surface area (Å²) in [4.78, 5) is 15.1. The van der Waals surface area contributed by atoms with Gasteiger partial charge < -0.3 is 20.1 Å². The Kier molecular flexibility index (Phi) is 13.4. The Morgan fingerprint density at radius 3 is 2.56 bits per heavy atom. The van der Waals surface area contributed by atoms with Crippen molar-refractivity contribution in [1.82, 2.24) is 10.6 Å². The molecule has 0 heterocycles.